The van der Waals surface area contributed by atoms with Crippen LogP contribution in [0.5, 0.6) is 0 Å². The Bertz CT molecular complexity index is 625. The summed E-state index contributed by atoms with van der Waals surface area (Å²) in [4.78, 5) is 0. The molecule has 4 aliphatic rings. The van der Waals surface area contributed by atoms with E-state index in [2.05, 4.69) is 26.0 Å². The van der Waals surface area contributed by atoms with Crippen LogP contribution >= 0.6 is 0 Å². The highest BCUT2D eigenvalue weighted by atomic mass is 16.4. The molecule has 3 fully saturated rings. The molecule has 1 unspecified atom stereocenters. The minimum absolute atomic E-state index is 0.126. The molecule has 4 N–H and O–H groups in total. The second-order valence-electron chi connectivity index (χ2n) is 9.40. The zero-order valence-electron chi connectivity index (χ0n) is 15.4. The molecule has 0 heterocycles. The van der Waals surface area contributed by atoms with Crippen LogP contribution in [-0.4, -0.2) is 44.8 Å². The largest absolute Gasteiger partial charge is 0.394 e. The minimum Gasteiger partial charge on any atom is -0.394 e. The average molecular weight is 348 g/mol. The van der Waals surface area contributed by atoms with Gasteiger partial charge in [-0.2, -0.15) is 0 Å². The first-order valence-electron chi connectivity index (χ1n) is 9.87. The fourth-order valence-corrected chi connectivity index (χ4v) is 6.74. The lowest BCUT2D eigenvalue weighted by Crippen LogP contribution is -2.57. The van der Waals surface area contributed by atoms with Crippen molar-refractivity contribution in [3.8, 4) is 0 Å². The third-order valence-electron chi connectivity index (χ3n) is 8.49. The van der Waals surface area contributed by atoms with E-state index in [4.69, 9.17) is 0 Å². The monoisotopic (exact) mass is 348 g/mol. The maximum absolute atomic E-state index is 11.3. The molecule has 3 saturated carbocycles. The third kappa shape index (κ3) is 2.21. The van der Waals surface area contributed by atoms with Gasteiger partial charge in [0.05, 0.1) is 18.3 Å². The standard InChI is InChI=1S/C21H32O4/c1-19-8-5-14(23)11-13(19)3-4-15-16(19)6-9-20(2)17(15)7-10-21(20,25)18(24)12-22/h3-4,14,16-18,22-25H,5-12H2,1-2H3/t14-,16+,17-,18?,19+,20-,21-/m0/s1. The van der Waals surface area contributed by atoms with E-state index in [1.165, 1.54) is 11.1 Å². The van der Waals surface area contributed by atoms with Crippen LogP contribution < -0.4 is 0 Å². The van der Waals surface area contributed by atoms with Crippen LogP contribution in [0.15, 0.2) is 23.3 Å². The summed E-state index contributed by atoms with van der Waals surface area (Å²) >= 11 is 0. The van der Waals surface area contributed by atoms with Gasteiger partial charge in [-0.05, 0) is 62.2 Å². The van der Waals surface area contributed by atoms with Gasteiger partial charge in [-0.15, -0.1) is 0 Å². The van der Waals surface area contributed by atoms with E-state index in [0.717, 1.165) is 38.5 Å². The number of aliphatic hydroxyl groups is 4. The van der Waals surface area contributed by atoms with Crippen molar-refractivity contribution >= 4 is 0 Å². The van der Waals surface area contributed by atoms with E-state index in [1.54, 1.807) is 0 Å². The summed E-state index contributed by atoms with van der Waals surface area (Å²) < 4.78 is 0. The van der Waals surface area contributed by atoms with Gasteiger partial charge in [0.25, 0.3) is 0 Å². The Morgan fingerprint density at radius 2 is 1.80 bits per heavy atom. The Kier molecular flexibility index (Phi) is 4.01. The topological polar surface area (TPSA) is 80.9 Å². The van der Waals surface area contributed by atoms with Crippen LogP contribution in [0.4, 0.5) is 0 Å². The number of rotatable bonds is 2. The Morgan fingerprint density at radius 1 is 1.08 bits per heavy atom. The summed E-state index contributed by atoms with van der Waals surface area (Å²) in [6.07, 6.45) is 9.16. The van der Waals surface area contributed by atoms with Crippen LogP contribution in [0.25, 0.3) is 0 Å². The first-order valence-corrected chi connectivity index (χ1v) is 9.87. The summed E-state index contributed by atoms with van der Waals surface area (Å²) in [7, 11) is 0. The number of hydrogen-bond donors (Lipinski definition) is 4. The second kappa shape index (κ2) is 5.66. The van der Waals surface area contributed by atoms with E-state index in [0.29, 0.717) is 12.3 Å². The van der Waals surface area contributed by atoms with Gasteiger partial charge >= 0.3 is 0 Å². The normalized spacial score (nSPS) is 50.2. The molecule has 0 radical (unpaired) electrons. The van der Waals surface area contributed by atoms with E-state index in [1.807, 2.05) is 0 Å². The van der Waals surface area contributed by atoms with E-state index >= 15 is 0 Å². The van der Waals surface area contributed by atoms with Crippen LogP contribution in [0.3, 0.4) is 0 Å². The summed E-state index contributed by atoms with van der Waals surface area (Å²) in [6.45, 7) is 4.07. The molecule has 4 aliphatic carbocycles. The van der Waals surface area contributed by atoms with E-state index in [-0.39, 0.29) is 29.5 Å². The lowest BCUT2D eigenvalue weighted by atomic mass is 9.49. The number of fused-ring (bicyclic) bond motifs is 5. The number of hydrogen-bond acceptors (Lipinski definition) is 4. The van der Waals surface area contributed by atoms with Crippen LogP contribution in [0.2, 0.25) is 0 Å². The summed E-state index contributed by atoms with van der Waals surface area (Å²) in [5.41, 5.74) is 1.35. The quantitative estimate of drug-likeness (QED) is 0.617. The highest BCUT2D eigenvalue weighted by Crippen LogP contribution is 2.66. The van der Waals surface area contributed by atoms with E-state index < -0.39 is 11.7 Å². The van der Waals surface area contributed by atoms with Crippen molar-refractivity contribution in [1.29, 1.82) is 0 Å². The van der Waals surface area contributed by atoms with Gasteiger partial charge in [0.15, 0.2) is 0 Å². The molecule has 25 heavy (non-hydrogen) atoms. The van der Waals surface area contributed by atoms with Crippen molar-refractivity contribution in [3.63, 3.8) is 0 Å². The Balaban J connectivity index is 1.72. The van der Waals surface area contributed by atoms with Gasteiger partial charge < -0.3 is 20.4 Å². The first kappa shape index (κ1) is 17.7. The van der Waals surface area contributed by atoms with Crippen molar-refractivity contribution in [2.75, 3.05) is 6.61 Å². The fourth-order valence-electron chi connectivity index (χ4n) is 6.74. The minimum atomic E-state index is -1.20. The van der Waals surface area contributed by atoms with Crippen LogP contribution in [0, 0.1) is 22.7 Å². The van der Waals surface area contributed by atoms with Gasteiger partial charge in [-0.3, -0.25) is 0 Å². The highest BCUT2D eigenvalue weighted by molar-refractivity contribution is 5.39. The second-order valence-corrected chi connectivity index (χ2v) is 9.40. The molecule has 0 aromatic rings. The molecule has 0 aromatic carbocycles. The fraction of sp³-hybridized carbons (Fsp3) is 0.810. The molecule has 0 spiro atoms. The highest BCUT2D eigenvalue weighted by Gasteiger charge is 2.64. The van der Waals surface area contributed by atoms with Crippen molar-refractivity contribution in [2.45, 2.75) is 76.6 Å². The molecule has 4 heteroatoms. The zero-order valence-corrected chi connectivity index (χ0v) is 15.4. The van der Waals surface area contributed by atoms with Gasteiger partial charge in [0.2, 0.25) is 0 Å². The van der Waals surface area contributed by atoms with Crippen molar-refractivity contribution in [3.05, 3.63) is 23.3 Å². The molecule has 140 valence electrons. The average Bonchev–Trinajstić information content (AvgIpc) is 2.87. The van der Waals surface area contributed by atoms with Gasteiger partial charge in [-0.1, -0.05) is 37.1 Å². The molecule has 0 bridgehead atoms. The Hall–Kier alpha value is -0.680. The third-order valence-corrected chi connectivity index (χ3v) is 8.49. The molecule has 0 aromatic heterocycles. The maximum atomic E-state index is 11.3. The summed E-state index contributed by atoms with van der Waals surface area (Å²) in [5, 5.41) is 41.1. The molecule has 0 saturated heterocycles. The maximum Gasteiger partial charge on any atom is 0.106 e. The summed E-state index contributed by atoms with van der Waals surface area (Å²) in [6, 6.07) is 0. The predicted octanol–water partition coefficient (Wildman–Crippen LogP) is 2.31. The molecule has 4 nitrogen and oxygen atoms in total. The van der Waals surface area contributed by atoms with Gasteiger partial charge in [0.1, 0.15) is 6.10 Å². The molecule has 4 rings (SSSR count). The molecular formula is C21H32O4. The molecule has 0 amide bonds. The van der Waals surface area contributed by atoms with Gasteiger partial charge in [-0.25, -0.2) is 0 Å². The van der Waals surface area contributed by atoms with Crippen molar-refractivity contribution in [1.82, 2.24) is 0 Å². The number of aliphatic hydroxyl groups excluding tert-OH is 3. The predicted molar refractivity (Wildman–Crippen MR) is 95.7 cm³/mol. The molecule has 0 aliphatic heterocycles. The smallest absolute Gasteiger partial charge is 0.106 e. The van der Waals surface area contributed by atoms with Crippen molar-refractivity contribution < 1.29 is 20.4 Å². The Morgan fingerprint density at radius 3 is 2.52 bits per heavy atom. The lowest BCUT2D eigenvalue weighted by molar-refractivity contribution is -0.165. The molecular weight excluding hydrogens is 316 g/mol. The summed E-state index contributed by atoms with van der Waals surface area (Å²) in [5.74, 6) is 0.741. The van der Waals surface area contributed by atoms with Crippen LogP contribution in [-0.2, 0) is 0 Å². The SMILES string of the molecule is C[C@]12CC[C@@H]3C(=CC=C4C[C@@H](O)CC[C@]43C)[C@@H]1CC[C@]2(O)C(O)CO. The van der Waals surface area contributed by atoms with Crippen molar-refractivity contribution in [2.24, 2.45) is 22.7 Å². The van der Waals surface area contributed by atoms with Crippen LogP contribution in [0.1, 0.15) is 58.8 Å². The lowest BCUT2D eigenvalue weighted by Gasteiger charge is -2.56. The number of allylic oxidation sites excluding steroid dienone is 3. The zero-order chi connectivity index (χ0) is 18.0. The van der Waals surface area contributed by atoms with Gasteiger partial charge in [0, 0.05) is 5.41 Å². The van der Waals surface area contributed by atoms with E-state index in [9.17, 15) is 20.4 Å². The molecule has 7 atom stereocenters. The first-order chi connectivity index (χ1) is 11.8. The Labute approximate surface area is 150 Å².